The molecule has 1 unspecified atom stereocenters. The zero-order valence-corrected chi connectivity index (χ0v) is 35.3. The molecule has 1 aliphatic carbocycles. The summed E-state index contributed by atoms with van der Waals surface area (Å²) in [4.78, 5) is 50.6. The van der Waals surface area contributed by atoms with Crippen molar-refractivity contribution in [2.24, 2.45) is 11.8 Å². The van der Waals surface area contributed by atoms with Crippen LogP contribution < -0.4 is 5.32 Å². The van der Waals surface area contributed by atoms with Crippen LogP contribution >= 0.6 is 11.3 Å². The van der Waals surface area contributed by atoms with Crippen molar-refractivity contribution in [3.8, 4) is 11.1 Å². The normalized spacial score (nSPS) is 18.1. The van der Waals surface area contributed by atoms with Gasteiger partial charge in [0.25, 0.3) is 0 Å². The van der Waals surface area contributed by atoms with Crippen LogP contribution in [0.2, 0.25) is 0 Å². The maximum absolute atomic E-state index is 14.2. The van der Waals surface area contributed by atoms with Crippen LogP contribution in [0.1, 0.15) is 85.0 Å². The van der Waals surface area contributed by atoms with E-state index in [0.717, 1.165) is 44.1 Å². The lowest BCUT2D eigenvalue weighted by Crippen LogP contribution is -2.53. The molecule has 1 aliphatic heterocycles. The number of methoxy groups -OCH3 is 2. The smallest absolute Gasteiger partial charge is 0.409 e. The molecule has 0 radical (unpaired) electrons. The lowest BCUT2D eigenvalue weighted by molar-refractivity contribution is -0.141. The molecule has 2 heterocycles. The first-order valence-electron chi connectivity index (χ1n) is 20.4. The molecular formula is C46H58N4O7S. The molecule has 0 bridgehead atoms. The summed E-state index contributed by atoms with van der Waals surface area (Å²) in [6.45, 7) is 6.88. The second kappa shape index (κ2) is 19.9. The summed E-state index contributed by atoms with van der Waals surface area (Å²) in [5.74, 6) is -1.40. The van der Waals surface area contributed by atoms with Gasteiger partial charge < -0.3 is 34.4 Å². The Bertz CT molecular complexity index is 1950. The number of likely N-dealkylation sites (N-methyl/N-ethyl adjacent to an activating group) is 1. The minimum absolute atomic E-state index is 0.00328. The number of hydrogen-bond acceptors (Lipinski definition) is 9. The van der Waals surface area contributed by atoms with E-state index in [0.29, 0.717) is 32.4 Å². The van der Waals surface area contributed by atoms with Crippen molar-refractivity contribution in [2.75, 3.05) is 34.4 Å². The molecule has 2 aliphatic rings. The number of nitrogens with zero attached hydrogens (tertiary/aromatic N) is 3. The SMILES string of the molecule is CC[C@H](C)[C@@H]([C@@H](CC(=O)N1CCC[C@H]1[C@H](O)[C@@H](C)C(=O)NC(Cc1ccccc1)c1ncc(COC)s1)OC)N(C)C(=O)OCC1c2ccccc2-c2ccccc21. The van der Waals surface area contributed by atoms with E-state index in [9.17, 15) is 19.5 Å². The van der Waals surface area contributed by atoms with Crippen LogP contribution in [0.5, 0.6) is 0 Å². The summed E-state index contributed by atoms with van der Waals surface area (Å²) in [6.07, 6.45) is 2.11. The monoisotopic (exact) mass is 810 g/mol. The molecule has 310 valence electrons. The Morgan fingerprint density at radius 1 is 0.983 bits per heavy atom. The van der Waals surface area contributed by atoms with Gasteiger partial charge in [0, 0.05) is 39.9 Å². The molecule has 4 aromatic rings. The summed E-state index contributed by atoms with van der Waals surface area (Å²) in [5.41, 5.74) is 5.63. The van der Waals surface area contributed by atoms with Crippen molar-refractivity contribution in [1.29, 1.82) is 0 Å². The van der Waals surface area contributed by atoms with E-state index in [4.69, 9.17) is 14.2 Å². The molecule has 0 saturated carbocycles. The van der Waals surface area contributed by atoms with Gasteiger partial charge in [-0.2, -0.15) is 0 Å². The largest absolute Gasteiger partial charge is 0.448 e. The van der Waals surface area contributed by atoms with Crippen LogP contribution in [0.3, 0.4) is 0 Å². The van der Waals surface area contributed by atoms with Gasteiger partial charge in [0.15, 0.2) is 0 Å². The number of likely N-dealkylation sites (tertiary alicyclic amines) is 1. The number of aliphatic hydroxyl groups is 1. The second-order valence-corrected chi connectivity index (χ2v) is 16.8. The minimum atomic E-state index is -1.10. The van der Waals surface area contributed by atoms with E-state index in [-0.39, 0.29) is 36.7 Å². The lowest BCUT2D eigenvalue weighted by Gasteiger charge is -2.38. The molecule has 58 heavy (non-hydrogen) atoms. The second-order valence-electron chi connectivity index (χ2n) is 15.7. The number of benzene rings is 3. The summed E-state index contributed by atoms with van der Waals surface area (Å²) in [5, 5.41) is 15.6. The minimum Gasteiger partial charge on any atom is -0.448 e. The number of aromatic nitrogens is 1. The highest BCUT2D eigenvalue weighted by molar-refractivity contribution is 7.11. The van der Waals surface area contributed by atoms with E-state index in [2.05, 4.69) is 41.5 Å². The van der Waals surface area contributed by atoms with Crippen molar-refractivity contribution in [3.05, 3.63) is 112 Å². The molecule has 1 aromatic heterocycles. The molecule has 1 fully saturated rings. The Morgan fingerprint density at radius 2 is 1.64 bits per heavy atom. The van der Waals surface area contributed by atoms with E-state index in [1.807, 2.05) is 61.5 Å². The maximum atomic E-state index is 14.2. The number of amides is 3. The Morgan fingerprint density at radius 3 is 2.28 bits per heavy atom. The van der Waals surface area contributed by atoms with Crippen molar-refractivity contribution < 1.29 is 33.7 Å². The number of hydrogen-bond donors (Lipinski definition) is 2. The summed E-state index contributed by atoms with van der Waals surface area (Å²) >= 11 is 1.49. The summed E-state index contributed by atoms with van der Waals surface area (Å²) < 4.78 is 17.3. The van der Waals surface area contributed by atoms with Gasteiger partial charge >= 0.3 is 6.09 Å². The standard InChI is InChI=1S/C46H58N4O7S/c1-7-29(2)42(49(4)46(54)57-28-37-35-20-13-11-18-33(35)34-19-12-14-21-36(34)37)40(56-6)25-41(51)50-23-15-22-39(50)43(52)30(3)44(53)48-38(24-31-16-9-8-10-17-31)45-47-26-32(58-45)27-55-5/h8-14,16-21,26,29-30,37-40,42-43,52H,7,15,22-25,27-28H2,1-6H3,(H,48,53)/t29-,30+,38?,39-,40+,42-,43+/m0/s1. The number of ether oxygens (including phenoxy) is 3. The highest BCUT2D eigenvalue weighted by Gasteiger charge is 2.42. The molecule has 2 N–H and O–H groups in total. The van der Waals surface area contributed by atoms with E-state index in [1.165, 1.54) is 11.3 Å². The number of fused-ring (bicyclic) bond motifs is 3. The van der Waals surface area contributed by atoms with Gasteiger partial charge in [0.1, 0.15) is 11.6 Å². The van der Waals surface area contributed by atoms with Crippen LogP contribution in [0.25, 0.3) is 11.1 Å². The van der Waals surface area contributed by atoms with Crippen LogP contribution in [0, 0.1) is 11.8 Å². The lowest BCUT2D eigenvalue weighted by atomic mass is 9.90. The van der Waals surface area contributed by atoms with Crippen LogP contribution in [0.15, 0.2) is 85.1 Å². The van der Waals surface area contributed by atoms with Gasteiger partial charge in [0.05, 0.1) is 54.2 Å². The van der Waals surface area contributed by atoms with Crippen LogP contribution in [-0.4, -0.2) is 96.5 Å². The molecule has 11 nitrogen and oxygen atoms in total. The number of nitrogens with one attached hydrogen (secondary N) is 1. The van der Waals surface area contributed by atoms with E-state index >= 15 is 0 Å². The predicted molar refractivity (Wildman–Crippen MR) is 225 cm³/mol. The van der Waals surface area contributed by atoms with E-state index in [1.54, 1.807) is 44.2 Å². The van der Waals surface area contributed by atoms with Crippen molar-refractivity contribution >= 4 is 29.2 Å². The Kier molecular flexibility index (Phi) is 14.7. The van der Waals surface area contributed by atoms with Gasteiger partial charge in [-0.05, 0) is 53.0 Å². The van der Waals surface area contributed by atoms with Gasteiger partial charge in [-0.15, -0.1) is 11.3 Å². The number of thiazole rings is 1. The highest BCUT2D eigenvalue weighted by atomic mass is 32.1. The highest BCUT2D eigenvalue weighted by Crippen LogP contribution is 2.44. The van der Waals surface area contributed by atoms with Gasteiger partial charge in [0.2, 0.25) is 11.8 Å². The topological polar surface area (TPSA) is 131 Å². The van der Waals surface area contributed by atoms with E-state index < -0.39 is 42.3 Å². The Hall–Kier alpha value is -4.62. The zero-order valence-electron chi connectivity index (χ0n) is 34.5. The van der Waals surface area contributed by atoms with Gasteiger partial charge in [-0.3, -0.25) is 9.59 Å². The maximum Gasteiger partial charge on any atom is 0.409 e. The number of rotatable bonds is 18. The first kappa shape index (κ1) is 43.0. The quantitative estimate of drug-likeness (QED) is 0.107. The fraction of sp³-hybridized carbons (Fsp3) is 0.478. The van der Waals surface area contributed by atoms with Crippen LogP contribution in [-0.2, 0) is 36.8 Å². The third-order valence-corrected chi connectivity index (χ3v) is 13.1. The van der Waals surface area contributed by atoms with Gasteiger partial charge in [-0.1, -0.05) is 106 Å². The molecule has 3 amide bonds. The molecule has 12 heteroatoms. The Balaban J connectivity index is 1.10. The molecule has 7 atom stereocenters. The van der Waals surface area contributed by atoms with Gasteiger partial charge in [-0.25, -0.2) is 9.78 Å². The molecule has 6 rings (SSSR count). The first-order chi connectivity index (χ1) is 28.1. The predicted octanol–water partition coefficient (Wildman–Crippen LogP) is 7.38. The van der Waals surface area contributed by atoms with Crippen molar-refractivity contribution in [1.82, 2.24) is 20.1 Å². The molecule has 0 spiro atoms. The number of aliphatic hydroxyl groups excluding tert-OH is 1. The third-order valence-electron chi connectivity index (χ3n) is 12.1. The molecule has 3 aromatic carbocycles. The average Bonchev–Trinajstić information content (AvgIpc) is 4.00. The van der Waals surface area contributed by atoms with Crippen LogP contribution in [0.4, 0.5) is 4.79 Å². The fourth-order valence-corrected chi connectivity index (χ4v) is 9.62. The fourth-order valence-electron chi connectivity index (χ4n) is 8.68. The molecule has 1 saturated heterocycles. The van der Waals surface area contributed by atoms with Crippen molar-refractivity contribution in [2.45, 2.75) is 95.7 Å². The number of carbonyl (C=O) groups is 3. The Labute approximate surface area is 346 Å². The number of carbonyl (C=O) groups excluding carboxylic acids is 3. The average molecular weight is 811 g/mol. The van der Waals surface area contributed by atoms with Crippen molar-refractivity contribution in [3.63, 3.8) is 0 Å². The third kappa shape index (κ3) is 9.63. The summed E-state index contributed by atoms with van der Waals surface area (Å²) in [6, 6.07) is 24.9. The molecular weight excluding hydrogens is 753 g/mol. The summed E-state index contributed by atoms with van der Waals surface area (Å²) in [7, 11) is 4.91. The first-order valence-corrected chi connectivity index (χ1v) is 21.2. The zero-order chi connectivity index (χ0) is 41.3.